The predicted molar refractivity (Wildman–Crippen MR) is 75.0 cm³/mol. The van der Waals surface area contributed by atoms with Crippen molar-refractivity contribution >= 4 is 16.0 Å². The van der Waals surface area contributed by atoms with Crippen molar-refractivity contribution in [2.75, 3.05) is 0 Å². The number of carboxylic acid groups (broad SMARTS) is 1. The molecule has 2 rings (SSSR count). The molecule has 0 heterocycles. The highest BCUT2D eigenvalue weighted by Gasteiger charge is 2.66. The monoisotopic (exact) mass is 315 g/mol. The zero-order valence-electron chi connectivity index (χ0n) is 12.3. The molecule has 1 saturated carbocycles. The number of rotatable bonds is 4. The molecule has 1 fully saturated rings. The van der Waals surface area contributed by atoms with Gasteiger partial charge in [0.25, 0.3) is 0 Å². The predicted octanol–water partition coefficient (Wildman–Crippen LogP) is 2.24. The zero-order valence-corrected chi connectivity index (χ0v) is 13.1. The van der Waals surface area contributed by atoms with Gasteiger partial charge in [-0.05, 0) is 29.0 Å². The van der Waals surface area contributed by atoms with Crippen LogP contribution in [0, 0.1) is 16.6 Å². The van der Waals surface area contributed by atoms with Gasteiger partial charge in [-0.1, -0.05) is 27.7 Å². The van der Waals surface area contributed by atoms with Crippen LogP contribution in [0.15, 0.2) is 23.1 Å². The normalized spacial score (nSPS) is 20.2. The van der Waals surface area contributed by atoms with Gasteiger partial charge in [-0.25, -0.2) is 22.3 Å². The van der Waals surface area contributed by atoms with E-state index < -0.39 is 26.7 Å². The number of nitrogens with one attached hydrogen (secondary N) is 1. The van der Waals surface area contributed by atoms with E-state index in [2.05, 4.69) is 4.72 Å². The Morgan fingerprint density at radius 1 is 1.24 bits per heavy atom. The fourth-order valence-electron chi connectivity index (χ4n) is 2.55. The van der Waals surface area contributed by atoms with Crippen molar-refractivity contribution in [1.29, 1.82) is 0 Å². The molecule has 0 bridgehead atoms. The van der Waals surface area contributed by atoms with E-state index in [1.54, 1.807) is 0 Å². The fraction of sp³-hybridized carbons (Fsp3) is 0.500. The SMILES string of the molecule is CC1(C)C(NS(=O)(=O)c2cc(C(=O)O)ccc2F)C1(C)C. The Labute approximate surface area is 123 Å². The van der Waals surface area contributed by atoms with Crippen LogP contribution in [0.25, 0.3) is 0 Å². The van der Waals surface area contributed by atoms with E-state index in [1.807, 2.05) is 27.7 Å². The summed E-state index contributed by atoms with van der Waals surface area (Å²) in [5, 5.41) is 8.89. The van der Waals surface area contributed by atoms with Crippen molar-refractivity contribution in [2.24, 2.45) is 10.8 Å². The number of carboxylic acids is 1. The maximum Gasteiger partial charge on any atom is 0.335 e. The highest BCUT2D eigenvalue weighted by Crippen LogP contribution is 2.62. The lowest BCUT2D eigenvalue weighted by atomic mass is 10.0. The number of sulfonamides is 1. The molecule has 1 aliphatic rings. The van der Waals surface area contributed by atoms with Crippen LogP contribution >= 0.6 is 0 Å². The Bertz CT molecular complexity index is 696. The van der Waals surface area contributed by atoms with E-state index in [9.17, 15) is 17.6 Å². The van der Waals surface area contributed by atoms with Crippen LogP contribution in [-0.2, 0) is 10.0 Å². The first kappa shape index (κ1) is 15.9. The van der Waals surface area contributed by atoms with Gasteiger partial charge in [-0.15, -0.1) is 0 Å². The third kappa shape index (κ3) is 2.44. The Kier molecular flexibility index (Phi) is 3.42. The van der Waals surface area contributed by atoms with Crippen LogP contribution in [0.4, 0.5) is 4.39 Å². The maximum absolute atomic E-state index is 13.8. The van der Waals surface area contributed by atoms with E-state index in [0.717, 1.165) is 18.2 Å². The van der Waals surface area contributed by atoms with Gasteiger partial charge in [0.05, 0.1) is 5.56 Å². The van der Waals surface area contributed by atoms with Gasteiger partial charge in [0.15, 0.2) is 0 Å². The Morgan fingerprint density at radius 2 is 1.76 bits per heavy atom. The van der Waals surface area contributed by atoms with E-state index >= 15 is 0 Å². The van der Waals surface area contributed by atoms with Crippen LogP contribution in [0.1, 0.15) is 38.1 Å². The number of halogens is 1. The second-order valence-corrected chi connectivity index (χ2v) is 8.13. The molecule has 5 nitrogen and oxygen atoms in total. The van der Waals surface area contributed by atoms with Gasteiger partial charge >= 0.3 is 5.97 Å². The number of benzene rings is 1. The molecule has 7 heteroatoms. The molecule has 0 aromatic heterocycles. The molecule has 0 spiro atoms. The summed E-state index contributed by atoms with van der Waals surface area (Å²) in [4.78, 5) is 10.3. The quantitative estimate of drug-likeness (QED) is 0.892. The topological polar surface area (TPSA) is 83.5 Å². The molecular weight excluding hydrogens is 297 g/mol. The number of carbonyl (C=O) groups is 1. The lowest BCUT2D eigenvalue weighted by Gasteiger charge is -2.10. The summed E-state index contributed by atoms with van der Waals surface area (Å²) < 4.78 is 40.9. The minimum atomic E-state index is -4.11. The van der Waals surface area contributed by atoms with Gasteiger partial charge in [0.1, 0.15) is 10.7 Å². The van der Waals surface area contributed by atoms with Crippen molar-refractivity contribution in [3.8, 4) is 0 Å². The van der Waals surface area contributed by atoms with Crippen molar-refractivity contribution in [1.82, 2.24) is 4.72 Å². The third-order valence-electron chi connectivity index (χ3n) is 4.76. The van der Waals surface area contributed by atoms with Gasteiger partial charge in [0, 0.05) is 6.04 Å². The van der Waals surface area contributed by atoms with Crippen LogP contribution in [0.3, 0.4) is 0 Å². The number of aromatic carboxylic acids is 1. The fourth-order valence-corrected chi connectivity index (χ4v) is 4.19. The summed E-state index contributed by atoms with van der Waals surface area (Å²) in [6.07, 6.45) is 0. The van der Waals surface area contributed by atoms with E-state index in [4.69, 9.17) is 5.11 Å². The van der Waals surface area contributed by atoms with Crippen molar-refractivity contribution < 1.29 is 22.7 Å². The molecule has 21 heavy (non-hydrogen) atoms. The molecular formula is C14H18FNO4S. The lowest BCUT2D eigenvalue weighted by molar-refractivity contribution is 0.0696. The highest BCUT2D eigenvalue weighted by atomic mass is 32.2. The Hall–Kier alpha value is -1.47. The second-order valence-electron chi connectivity index (χ2n) is 6.45. The summed E-state index contributed by atoms with van der Waals surface area (Å²) in [5.74, 6) is -2.28. The maximum atomic E-state index is 13.8. The molecule has 0 radical (unpaired) electrons. The summed E-state index contributed by atoms with van der Waals surface area (Å²) in [6.45, 7) is 7.68. The summed E-state index contributed by atoms with van der Waals surface area (Å²) >= 11 is 0. The standard InChI is InChI=1S/C14H18FNO4S/c1-13(2)12(14(13,3)4)16-21(19,20)10-7-8(11(17)18)5-6-9(10)15/h5-7,12,16H,1-4H3,(H,17,18). The molecule has 0 unspecified atom stereocenters. The van der Waals surface area contributed by atoms with Gasteiger partial charge < -0.3 is 5.11 Å². The molecule has 0 aliphatic heterocycles. The van der Waals surface area contributed by atoms with E-state index in [-0.39, 0.29) is 22.4 Å². The summed E-state index contributed by atoms with van der Waals surface area (Å²) in [6, 6.07) is 2.38. The van der Waals surface area contributed by atoms with Crippen LogP contribution in [0.2, 0.25) is 0 Å². The van der Waals surface area contributed by atoms with Crippen LogP contribution in [0.5, 0.6) is 0 Å². The third-order valence-corrected chi connectivity index (χ3v) is 6.20. The molecule has 1 aromatic carbocycles. The average Bonchev–Trinajstić information content (AvgIpc) is 2.71. The lowest BCUT2D eigenvalue weighted by Crippen LogP contribution is -2.30. The summed E-state index contributed by atoms with van der Waals surface area (Å²) in [5.41, 5.74) is -0.770. The molecule has 0 saturated heterocycles. The van der Waals surface area contributed by atoms with Gasteiger partial charge in [-0.2, -0.15) is 0 Å². The molecule has 0 atom stereocenters. The van der Waals surface area contributed by atoms with Crippen molar-refractivity contribution in [2.45, 2.75) is 38.6 Å². The number of hydrogen-bond donors (Lipinski definition) is 2. The first-order chi connectivity index (χ1) is 9.41. The Balaban J connectivity index is 2.38. The first-order valence-electron chi connectivity index (χ1n) is 6.46. The van der Waals surface area contributed by atoms with Crippen LogP contribution < -0.4 is 4.72 Å². The smallest absolute Gasteiger partial charge is 0.335 e. The number of hydrogen-bond acceptors (Lipinski definition) is 3. The summed E-state index contributed by atoms with van der Waals surface area (Å²) in [7, 11) is -4.11. The van der Waals surface area contributed by atoms with E-state index in [1.165, 1.54) is 0 Å². The minimum absolute atomic E-state index is 0.249. The zero-order chi connectivity index (χ0) is 16.2. The Morgan fingerprint density at radius 3 is 2.19 bits per heavy atom. The molecule has 2 N–H and O–H groups in total. The van der Waals surface area contributed by atoms with Gasteiger partial charge in [0.2, 0.25) is 10.0 Å². The first-order valence-corrected chi connectivity index (χ1v) is 7.95. The molecule has 0 amide bonds. The van der Waals surface area contributed by atoms with Crippen molar-refractivity contribution in [3.05, 3.63) is 29.6 Å². The molecule has 1 aliphatic carbocycles. The van der Waals surface area contributed by atoms with Crippen LogP contribution in [-0.4, -0.2) is 25.5 Å². The largest absolute Gasteiger partial charge is 0.478 e. The van der Waals surface area contributed by atoms with E-state index in [0.29, 0.717) is 0 Å². The van der Waals surface area contributed by atoms with Crippen molar-refractivity contribution in [3.63, 3.8) is 0 Å². The second kappa shape index (κ2) is 4.51. The average molecular weight is 315 g/mol. The minimum Gasteiger partial charge on any atom is -0.478 e. The molecule has 116 valence electrons. The molecule has 1 aromatic rings. The highest BCUT2D eigenvalue weighted by molar-refractivity contribution is 7.89. The van der Waals surface area contributed by atoms with Gasteiger partial charge in [-0.3, -0.25) is 0 Å².